The van der Waals surface area contributed by atoms with Crippen LogP contribution in [0.3, 0.4) is 0 Å². The lowest BCUT2D eigenvalue weighted by Gasteiger charge is -2.14. The van der Waals surface area contributed by atoms with E-state index < -0.39 is 10.0 Å². The van der Waals surface area contributed by atoms with Crippen LogP contribution in [-0.4, -0.2) is 33.5 Å². The summed E-state index contributed by atoms with van der Waals surface area (Å²) < 4.78 is 33.1. The summed E-state index contributed by atoms with van der Waals surface area (Å²) in [5, 5.41) is 2.92. The fraction of sp³-hybridized carbons (Fsp3) is 0.269. The van der Waals surface area contributed by atoms with Crippen molar-refractivity contribution in [3.8, 4) is 5.75 Å². The number of ether oxygens (including phenoxy) is 1. The van der Waals surface area contributed by atoms with Gasteiger partial charge in [-0.1, -0.05) is 60.7 Å². The van der Waals surface area contributed by atoms with Gasteiger partial charge in [0, 0.05) is 12.6 Å². The van der Waals surface area contributed by atoms with E-state index in [0.717, 1.165) is 18.4 Å². The van der Waals surface area contributed by atoms with Gasteiger partial charge in [-0.3, -0.25) is 4.79 Å². The topological polar surface area (TPSA) is 84.5 Å². The summed E-state index contributed by atoms with van der Waals surface area (Å²) in [6.45, 7) is 2.15. The third-order valence-corrected chi connectivity index (χ3v) is 6.65. The number of benzene rings is 3. The van der Waals surface area contributed by atoms with E-state index in [0.29, 0.717) is 18.7 Å². The van der Waals surface area contributed by atoms with Gasteiger partial charge >= 0.3 is 0 Å². The lowest BCUT2D eigenvalue weighted by atomic mass is 10.1. The Morgan fingerprint density at radius 1 is 0.848 bits per heavy atom. The van der Waals surface area contributed by atoms with Gasteiger partial charge in [0.2, 0.25) is 10.0 Å². The lowest BCUT2D eigenvalue weighted by molar-refractivity contribution is -0.123. The number of aryl methyl sites for hydroxylation is 1. The number of carbonyl (C=O) groups is 1. The smallest absolute Gasteiger partial charge is 0.258 e. The molecule has 0 fully saturated rings. The summed E-state index contributed by atoms with van der Waals surface area (Å²) in [4.78, 5) is 12.3. The number of hydrogen-bond acceptors (Lipinski definition) is 4. The number of nitrogens with one attached hydrogen (secondary N) is 2. The van der Waals surface area contributed by atoms with Crippen molar-refractivity contribution in [2.75, 3.05) is 13.2 Å². The Bertz CT molecular complexity index is 1100. The van der Waals surface area contributed by atoms with Crippen LogP contribution in [0.25, 0.3) is 0 Å². The molecule has 0 heterocycles. The van der Waals surface area contributed by atoms with Crippen molar-refractivity contribution in [2.24, 2.45) is 0 Å². The number of carbonyl (C=O) groups excluding carboxylic acids is 1. The molecular weight excluding hydrogens is 436 g/mol. The van der Waals surface area contributed by atoms with E-state index >= 15 is 0 Å². The molecule has 6 nitrogen and oxygen atoms in total. The van der Waals surface area contributed by atoms with Crippen LogP contribution >= 0.6 is 0 Å². The molecule has 1 amide bonds. The highest BCUT2D eigenvalue weighted by molar-refractivity contribution is 7.89. The van der Waals surface area contributed by atoms with E-state index in [1.165, 1.54) is 17.7 Å². The molecule has 3 rings (SSSR count). The Labute approximate surface area is 196 Å². The molecule has 0 bridgehead atoms. The largest absolute Gasteiger partial charge is 0.484 e. The SMILES string of the molecule is C[C@@H](CCc1ccccc1)NC(=O)COc1ccc(S(=O)(=O)NCCc2ccccc2)cc1. The fourth-order valence-electron chi connectivity index (χ4n) is 3.34. The zero-order valence-electron chi connectivity index (χ0n) is 18.7. The monoisotopic (exact) mass is 466 g/mol. The van der Waals surface area contributed by atoms with Gasteiger partial charge in [0.15, 0.2) is 6.61 Å². The molecular formula is C26H30N2O4S. The Balaban J connectivity index is 1.40. The van der Waals surface area contributed by atoms with Crippen molar-refractivity contribution in [3.63, 3.8) is 0 Å². The Hall–Kier alpha value is -3.16. The average Bonchev–Trinajstić information content (AvgIpc) is 2.83. The molecule has 0 unspecified atom stereocenters. The number of sulfonamides is 1. The van der Waals surface area contributed by atoms with Gasteiger partial charge in [-0.05, 0) is 61.6 Å². The predicted octanol–water partition coefficient (Wildman–Crippen LogP) is 3.72. The minimum atomic E-state index is -3.61. The van der Waals surface area contributed by atoms with Gasteiger partial charge in [-0.2, -0.15) is 0 Å². The molecule has 0 aliphatic rings. The van der Waals surface area contributed by atoms with Crippen molar-refractivity contribution < 1.29 is 17.9 Å². The summed E-state index contributed by atoms with van der Waals surface area (Å²) >= 11 is 0. The van der Waals surface area contributed by atoms with Crippen molar-refractivity contribution >= 4 is 15.9 Å². The van der Waals surface area contributed by atoms with Gasteiger partial charge in [-0.15, -0.1) is 0 Å². The maximum atomic E-state index is 12.5. The molecule has 1 atom stereocenters. The highest BCUT2D eigenvalue weighted by Crippen LogP contribution is 2.16. The van der Waals surface area contributed by atoms with Crippen molar-refractivity contribution in [3.05, 3.63) is 96.1 Å². The normalized spacial score (nSPS) is 12.2. The molecule has 0 aliphatic carbocycles. The van der Waals surface area contributed by atoms with E-state index in [2.05, 4.69) is 22.2 Å². The molecule has 174 valence electrons. The summed E-state index contributed by atoms with van der Waals surface area (Å²) in [7, 11) is -3.61. The van der Waals surface area contributed by atoms with Gasteiger partial charge in [0.25, 0.3) is 5.91 Å². The number of rotatable bonds is 12. The average molecular weight is 467 g/mol. The molecule has 2 N–H and O–H groups in total. The molecule has 33 heavy (non-hydrogen) atoms. The molecule has 3 aromatic carbocycles. The quantitative estimate of drug-likeness (QED) is 0.426. The van der Waals surface area contributed by atoms with Crippen molar-refractivity contribution in [1.29, 1.82) is 0 Å². The van der Waals surface area contributed by atoms with Crippen molar-refractivity contribution in [2.45, 2.75) is 37.1 Å². The van der Waals surface area contributed by atoms with Gasteiger partial charge in [0.05, 0.1) is 4.90 Å². The van der Waals surface area contributed by atoms with Crippen molar-refractivity contribution in [1.82, 2.24) is 10.0 Å². The second-order valence-corrected chi connectivity index (χ2v) is 9.65. The maximum Gasteiger partial charge on any atom is 0.258 e. The van der Waals surface area contributed by atoms with E-state index in [9.17, 15) is 13.2 Å². The summed E-state index contributed by atoms with van der Waals surface area (Å²) in [6, 6.07) is 25.9. The summed E-state index contributed by atoms with van der Waals surface area (Å²) in [5.74, 6) is 0.222. The molecule has 0 saturated heterocycles. The van der Waals surface area contributed by atoms with Crippen LogP contribution in [0.1, 0.15) is 24.5 Å². The third-order valence-electron chi connectivity index (χ3n) is 5.17. The number of hydrogen-bond donors (Lipinski definition) is 2. The standard InChI is InChI=1S/C26H30N2O4S/c1-21(12-13-22-8-4-2-5-9-22)28-26(29)20-32-24-14-16-25(17-15-24)33(30,31)27-19-18-23-10-6-3-7-11-23/h2-11,14-17,21,27H,12-13,18-20H2,1H3,(H,28,29)/t21-/m0/s1. The van der Waals surface area contributed by atoms with Crippen LogP contribution in [-0.2, 0) is 27.7 Å². The molecule has 0 aliphatic heterocycles. The Morgan fingerprint density at radius 3 is 2.03 bits per heavy atom. The van der Waals surface area contributed by atoms with Crippen LogP contribution < -0.4 is 14.8 Å². The highest BCUT2D eigenvalue weighted by Gasteiger charge is 2.14. The fourth-order valence-corrected chi connectivity index (χ4v) is 4.37. The van der Waals surface area contributed by atoms with Crippen LogP contribution in [0.4, 0.5) is 0 Å². The first-order valence-electron chi connectivity index (χ1n) is 11.0. The highest BCUT2D eigenvalue weighted by atomic mass is 32.2. The van der Waals surface area contributed by atoms with E-state index in [1.54, 1.807) is 12.1 Å². The maximum absolute atomic E-state index is 12.5. The van der Waals surface area contributed by atoms with Crippen LogP contribution in [0, 0.1) is 0 Å². The molecule has 0 spiro atoms. The molecule has 0 radical (unpaired) electrons. The first kappa shape index (κ1) is 24.5. The molecule has 0 saturated carbocycles. The summed E-state index contributed by atoms with van der Waals surface area (Å²) in [5.41, 5.74) is 2.30. The molecule has 0 aromatic heterocycles. The first-order chi connectivity index (χ1) is 15.9. The van der Waals surface area contributed by atoms with Crippen LogP contribution in [0.5, 0.6) is 5.75 Å². The van der Waals surface area contributed by atoms with Gasteiger partial charge in [-0.25, -0.2) is 13.1 Å². The lowest BCUT2D eigenvalue weighted by Crippen LogP contribution is -2.36. The van der Waals surface area contributed by atoms with Crippen LogP contribution in [0.15, 0.2) is 89.8 Å². The van der Waals surface area contributed by atoms with E-state index in [4.69, 9.17) is 4.74 Å². The van der Waals surface area contributed by atoms with E-state index in [1.807, 2.05) is 55.5 Å². The Kier molecular flexibility index (Phi) is 9.04. The zero-order chi connectivity index (χ0) is 23.5. The van der Waals surface area contributed by atoms with Crippen LogP contribution in [0.2, 0.25) is 0 Å². The summed E-state index contributed by atoms with van der Waals surface area (Å²) in [6.07, 6.45) is 2.33. The third kappa shape index (κ3) is 8.36. The van der Waals surface area contributed by atoms with E-state index in [-0.39, 0.29) is 23.5 Å². The minimum absolute atomic E-state index is 0.0239. The minimum Gasteiger partial charge on any atom is -0.484 e. The second kappa shape index (κ2) is 12.2. The number of amides is 1. The molecule has 7 heteroatoms. The van der Waals surface area contributed by atoms with Gasteiger partial charge < -0.3 is 10.1 Å². The van der Waals surface area contributed by atoms with Gasteiger partial charge in [0.1, 0.15) is 5.75 Å². The molecule has 3 aromatic rings. The zero-order valence-corrected chi connectivity index (χ0v) is 19.6. The Morgan fingerprint density at radius 2 is 1.42 bits per heavy atom. The second-order valence-electron chi connectivity index (χ2n) is 7.89. The first-order valence-corrected chi connectivity index (χ1v) is 12.5. The predicted molar refractivity (Wildman–Crippen MR) is 130 cm³/mol.